The van der Waals surface area contributed by atoms with Crippen LogP contribution in [0.2, 0.25) is 0 Å². The van der Waals surface area contributed by atoms with Crippen molar-refractivity contribution in [2.24, 2.45) is 0 Å². The van der Waals surface area contributed by atoms with Crippen LogP contribution in [-0.4, -0.2) is 31.9 Å². The third-order valence-electron chi connectivity index (χ3n) is 2.53. The van der Waals surface area contributed by atoms with Crippen molar-refractivity contribution < 1.29 is 26.5 Å². The van der Waals surface area contributed by atoms with Gasteiger partial charge in [0.25, 0.3) is 5.69 Å². The van der Waals surface area contributed by atoms with Crippen LogP contribution >= 0.6 is 0 Å². The monoisotopic (exact) mass is 326 g/mol. The average molecular weight is 326 g/mol. The van der Waals surface area contributed by atoms with E-state index in [0.717, 1.165) is 18.4 Å². The standard InChI is InChI=1S/C11H13F3N2O4S/c1-21(19,20)6-2-5-15-10-4-3-8(16(17)18)7-9(10)11(12,13)14/h3-4,7,15H,2,5-6H2,1H3. The van der Waals surface area contributed by atoms with Gasteiger partial charge in [0, 0.05) is 30.6 Å². The molecule has 0 saturated heterocycles. The van der Waals surface area contributed by atoms with Crippen molar-refractivity contribution in [3.05, 3.63) is 33.9 Å². The Bertz CT molecular complexity index is 629. The quantitative estimate of drug-likeness (QED) is 0.493. The molecule has 21 heavy (non-hydrogen) atoms. The van der Waals surface area contributed by atoms with Gasteiger partial charge in [0.15, 0.2) is 0 Å². The van der Waals surface area contributed by atoms with E-state index in [1.807, 2.05) is 0 Å². The second kappa shape index (κ2) is 6.29. The zero-order chi connectivity index (χ0) is 16.3. The molecule has 1 rings (SSSR count). The molecule has 0 aromatic heterocycles. The van der Waals surface area contributed by atoms with Gasteiger partial charge in [-0.2, -0.15) is 13.2 Å². The second-order valence-corrected chi connectivity index (χ2v) is 6.65. The average Bonchev–Trinajstić information content (AvgIpc) is 2.32. The van der Waals surface area contributed by atoms with Crippen molar-refractivity contribution in [1.29, 1.82) is 0 Å². The number of nitrogens with zero attached hydrogens (tertiary/aromatic N) is 1. The fourth-order valence-electron chi connectivity index (χ4n) is 1.59. The summed E-state index contributed by atoms with van der Waals surface area (Å²) in [6, 6.07) is 2.36. The van der Waals surface area contributed by atoms with Gasteiger partial charge in [-0.15, -0.1) is 0 Å². The van der Waals surface area contributed by atoms with E-state index in [9.17, 15) is 31.7 Å². The van der Waals surface area contributed by atoms with E-state index in [-0.39, 0.29) is 24.4 Å². The van der Waals surface area contributed by atoms with Crippen LogP contribution in [0.5, 0.6) is 0 Å². The smallest absolute Gasteiger partial charge is 0.385 e. The maximum Gasteiger partial charge on any atom is 0.418 e. The lowest BCUT2D eigenvalue weighted by Crippen LogP contribution is -2.14. The number of nitro groups is 1. The molecule has 0 aliphatic heterocycles. The number of nitrogens with one attached hydrogen (secondary N) is 1. The lowest BCUT2D eigenvalue weighted by Gasteiger charge is -2.14. The van der Waals surface area contributed by atoms with Gasteiger partial charge in [-0.1, -0.05) is 0 Å². The van der Waals surface area contributed by atoms with E-state index in [2.05, 4.69) is 5.32 Å². The van der Waals surface area contributed by atoms with E-state index in [0.29, 0.717) is 6.07 Å². The number of alkyl halides is 3. The van der Waals surface area contributed by atoms with Crippen LogP contribution in [0.4, 0.5) is 24.5 Å². The summed E-state index contributed by atoms with van der Waals surface area (Å²) >= 11 is 0. The van der Waals surface area contributed by atoms with Crippen molar-refractivity contribution in [3.8, 4) is 0 Å². The molecule has 0 unspecified atom stereocenters. The van der Waals surface area contributed by atoms with Crippen LogP contribution in [0.3, 0.4) is 0 Å². The molecule has 6 nitrogen and oxygen atoms in total. The Hall–Kier alpha value is -1.84. The van der Waals surface area contributed by atoms with E-state index < -0.39 is 32.2 Å². The van der Waals surface area contributed by atoms with Gasteiger partial charge in [-0.3, -0.25) is 10.1 Å². The van der Waals surface area contributed by atoms with Crippen molar-refractivity contribution in [2.75, 3.05) is 23.9 Å². The summed E-state index contributed by atoms with van der Waals surface area (Å²) < 4.78 is 60.3. The van der Waals surface area contributed by atoms with Crippen molar-refractivity contribution in [2.45, 2.75) is 12.6 Å². The Balaban J connectivity index is 2.89. The first-order valence-electron chi connectivity index (χ1n) is 5.78. The number of halogens is 3. The molecule has 0 atom stereocenters. The molecule has 1 aromatic rings. The largest absolute Gasteiger partial charge is 0.418 e. The summed E-state index contributed by atoms with van der Waals surface area (Å²) in [7, 11) is -3.19. The minimum atomic E-state index is -4.74. The van der Waals surface area contributed by atoms with E-state index in [4.69, 9.17) is 0 Å². The Morgan fingerprint density at radius 1 is 1.33 bits per heavy atom. The van der Waals surface area contributed by atoms with Gasteiger partial charge in [0.2, 0.25) is 0 Å². The Morgan fingerprint density at radius 3 is 2.43 bits per heavy atom. The second-order valence-electron chi connectivity index (χ2n) is 4.39. The lowest BCUT2D eigenvalue weighted by atomic mass is 10.1. The summed E-state index contributed by atoms with van der Waals surface area (Å²) in [5.41, 5.74) is -2.14. The van der Waals surface area contributed by atoms with E-state index in [1.54, 1.807) is 0 Å². The maximum atomic E-state index is 12.8. The Kier molecular flexibility index (Phi) is 5.15. The predicted octanol–water partition coefficient (Wildman–Crippen LogP) is 2.46. The molecule has 0 radical (unpaired) electrons. The number of non-ortho nitro benzene ring substituents is 1. The predicted molar refractivity (Wildman–Crippen MR) is 70.9 cm³/mol. The minimum absolute atomic E-state index is 0.00790. The third-order valence-corrected chi connectivity index (χ3v) is 3.56. The van der Waals surface area contributed by atoms with Crippen LogP contribution in [-0.2, 0) is 16.0 Å². The van der Waals surface area contributed by atoms with Crippen molar-refractivity contribution in [1.82, 2.24) is 0 Å². The van der Waals surface area contributed by atoms with E-state index in [1.165, 1.54) is 0 Å². The Morgan fingerprint density at radius 2 is 1.95 bits per heavy atom. The SMILES string of the molecule is CS(=O)(=O)CCCNc1ccc([N+](=O)[O-])cc1C(F)(F)F. The molecule has 1 aromatic carbocycles. The van der Waals surface area contributed by atoms with Crippen molar-refractivity contribution in [3.63, 3.8) is 0 Å². The molecule has 1 N–H and O–H groups in total. The van der Waals surface area contributed by atoms with E-state index >= 15 is 0 Å². The number of nitro benzene ring substituents is 1. The fourth-order valence-corrected chi connectivity index (χ4v) is 2.26. The number of anilines is 1. The highest BCUT2D eigenvalue weighted by Gasteiger charge is 2.35. The summed E-state index contributed by atoms with van der Waals surface area (Å²) in [5.74, 6) is -0.158. The molecule has 118 valence electrons. The molecule has 10 heteroatoms. The Labute approximate surface area is 119 Å². The zero-order valence-corrected chi connectivity index (χ0v) is 11.8. The molecule has 0 spiro atoms. The molecule has 0 aliphatic carbocycles. The van der Waals surface area contributed by atoms with Gasteiger partial charge in [-0.25, -0.2) is 8.42 Å². The lowest BCUT2D eigenvalue weighted by molar-refractivity contribution is -0.385. The van der Waals surface area contributed by atoms with Crippen LogP contribution in [0, 0.1) is 10.1 Å². The highest BCUT2D eigenvalue weighted by Crippen LogP contribution is 2.37. The molecular formula is C11H13F3N2O4S. The van der Waals surface area contributed by atoms with Crippen LogP contribution in [0.15, 0.2) is 18.2 Å². The maximum absolute atomic E-state index is 12.8. The molecular weight excluding hydrogens is 313 g/mol. The number of hydrogen-bond donors (Lipinski definition) is 1. The van der Waals surface area contributed by atoms with Crippen LogP contribution in [0.25, 0.3) is 0 Å². The molecule has 0 fully saturated rings. The number of rotatable bonds is 6. The van der Waals surface area contributed by atoms with Gasteiger partial charge in [-0.05, 0) is 12.5 Å². The minimum Gasteiger partial charge on any atom is -0.385 e. The first-order valence-corrected chi connectivity index (χ1v) is 7.84. The first-order chi connectivity index (χ1) is 9.50. The third kappa shape index (κ3) is 5.58. The summed E-state index contributed by atoms with van der Waals surface area (Å²) in [6.45, 7) is 0.00790. The number of hydrogen-bond acceptors (Lipinski definition) is 5. The molecule has 0 amide bonds. The summed E-state index contributed by atoms with van der Waals surface area (Å²) in [4.78, 5) is 9.60. The van der Waals surface area contributed by atoms with Crippen LogP contribution < -0.4 is 5.32 Å². The molecule has 0 saturated carbocycles. The van der Waals surface area contributed by atoms with Gasteiger partial charge in [0.05, 0.1) is 16.2 Å². The molecule has 0 heterocycles. The first kappa shape index (κ1) is 17.2. The summed E-state index contributed by atoms with van der Waals surface area (Å²) in [5, 5.41) is 13.0. The highest BCUT2D eigenvalue weighted by atomic mass is 32.2. The number of benzene rings is 1. The molecule has 0 aliphatic rings. The van der Waals surface area contributed by atoms with Crippen molar-refractivity contribution >= 4 is 21.2 Å². The normalized spacial score (nSPS) is 12.2. The molecule has 0 bridgehead atoms. The van der Waals surface area contributed by atoms with Gasteiger partial charge >= 0.3 is 6.18 Å². The van der Waals surface area contributed by atoms with Crippen LogP contribution in [0.1, 0.15) is 12.0 Å². The zero-order valence-electron chi connectivity index (χ0n) is 11.0. The summed E-state index contributed by atoms with van der Waals surface area (Å²) in [6.07, 6.45) is -3.58. The number of sulfone groups is 1. The van der Waals surface area contributed by atoms with Gasteiger partial charge < -0.3 is 5.32 Å². The topological polar surface area (TPSA) is 89.3 Å². The fraction of sp³-hybridized carbons (Fsp3) is 0.455. The highest BCUT2D eigenvalue weighted by molar-refractivity contribution is 7.90. The van der Waals surface area contributed by atoms with Gasteiger partial charge in [0.1, 0.15) is 9.84 Å².